The average molecular weight is 411 g/mol. The maximum Gasteiger partial charge on any atom is 0.242 e. The monoisotopic (exact) mass is 410 g/mol. The Balaban J connectivity index is 1.72. The lowest BCUT2D eigenvalue weighted by atomic mass is 10.2. The maximum atomic E-state index is 13.3. The van der Waals surface area contributed by atoms with E-state index in [2.05, 4.69) is 0 Å². The summed E-state index contributed by atoms with van der Waals surface area (Å²) >= 11 is 0. The zero-order valence-corrected chi connectivity index (χ0v) is 17.5. The van der Waals surface area contributed by atoms with Crippen LogP contribution in [-0.2, 0) is 21.2 Å². The predicted octanol–water partition coefficient (Wildman–Crippen LogP) is 4.19. The molecule has 2 heterocycles. The molecule has 1 aliphatic heterocycles. The van der Waals surface area contributed by atoms with E-state index in [1.165, 1.54) is 0 Å². The fourth-order valence-corrected chi connectivity index (χ4v) is 5.44. The van der Waals surface area contributed by atoms with Gasteiger partial charge in [0.25, 0.3) is 0 Å². The van der Waals surface area contributed by atoms with Gasteiger partial charge in [-0.05, 0) is 38.0 Å². The molecule has 0 N–H and O–H groups in total. The summed E-state index contributed by atoms with van der Waals surface area (Å²) in [6, 6.07) is 14.3. The van der Waals surface area contributed by atoms with Gasteiger partial charge in [0.1, 0.15) is 6.54 Å². The molecular formula is C23H26N2O3S. The first kappa shape index (κ1) is 19.7. The zero-order valence-electron chi connectivity index (χ0n) is 16.7. The van der Waals surface area contributed by atoms with Gasteiger partial charge in [0.15, 0.2) is 0 Å². The minimum absolute atomic E-state index is 0.0481. The van der Waals surface area contributed by atoms with Crippen LogP contribution in [0, 0.1) is 6.92 Å². The van der Waals surface area contributed by atoms with E-state index in [9.17, 15) is 13.2 Å². The summed E-state index contributed by atoms with van der Waals surface area (Å²) in [5.41, 5.74) is 1.77. The van der Waals surface area contributed by atoms with E-state index in [0.29, 0.717) is 5.39 Å². The Morgan fingerprint density at radius 3 is 2.28 bits per heavy atom. The molecule has 4 rings (SSSR count). The second kappa shape index (κ2) is 8.03. The van der Waals surface area contributed by atoms with Gasteiger partial charge in [-0.25, -0.2) is 8.42 Å². The van der Waals surface area contributed by atoms with Crippen LogP contribution in [0.15, 0.2) is 64.5 Å². The standard InChI is InChI=1S/C23H26N2O3S/c1-18-10-12-19(13-11-18)29(27,28)22-16-25(21-9-5-4-8-20(21)22)17-23(26)24-14-6-2-3-7-15-24/h4-5,8-13,16H,2-3,6-7,14-15,17H2,1H3. The SMILES string of the molecule is Cc1ccc(S(=O)(=O)c2cn(CC(=O)N3CCCCCC3)c3ccccc23)cc1. The third-order valence-corrected chi connectivity index (χ3v) is 7.43. The highest BCUT2D eigenvalue weighted by molar-refractivity contribution is 7.91. The normalized spacial score (nSPS) is 15.4. The van der Waals surface area contributed by atoms with Crippen LogP contribution in [0.3, 0.4) is 0 Å². The number of carbonyl (C=O) groups is 1. The molecule has 152 valence electrons. The first-order chi connectivity index (χ1) is 14.0. The van der Waals surface area contributed by atoms with Gasteiger partial charge in [-0.15, -0.1) is 0 Å². The Morgan fingerprint density at radius 2 is 1.59 bits per heavy atom. The predicted molar refractivity (Wildman–Crippen MR) is 114 cm³/mol. The minimum atomic E-state index is -3.67. The molecule has 0 bridgehead atoms. The molecule has 5 nitrogen and oxygen atoms in total. The summed E-state index contributed by atoms with van der Waals surface area (Å²) in [6.07, 6.45) is 6.01. The summed E-state index contributed by atoms with van der Waals surface area (Å²) in [7, 11) is -3.67. The van der Waals surface area contributed by atoms with Crippen LogP contribution in [-0.4, -0.2) is 36.9 Å². The quantitative estimate of drug-likeness (QED) is 0.648. The van der Waals surface area contributed by atoms with Gasteiger partial charge in [0.2, 0.25) is 15.7 Å². The van der Waals surface area contributed by atoms with Crippen LogP contribution in [0.25, 0.3) is 10.9 Å². The zero-order chi connectivity index (χ0) is 20.4. The minimum Gasteiger partial charge on any atom is -0.341 e. The third-order valence-electron chi connectivity index (χ3n) is 5.64. The van der Waals surface area contributed by atoms with Crippen molar-refractivity contribution < 1.29 is 13.2 Å². The van der Waals surface area contributed by atoms with Crippen molar-refractivity contribution in [1.29, 1.82) is 0 Å². The largest absolute Gasteiger partial charge is 0.341 e. The van der Waals surface area contributed by atoms with E-state index >= 15 is 0 Å². The summed E-state index contributed by atoms with van der Waals surface area (Å²) in [6.45, 7) is 3.65. The molecule has 1 amide bonds. The first-order valence-electron chi connectivity index (χ1n) is 10.1. The smallest absolute Gasteiger partial charge is 0.242 e. The maximum absolute atomic E-state index is 13.3. The number of hydrogen-bond donors (Lipinski definition) is 0. The lowest BCUT2D eigenvalue weighted by Gasteiger charge is -2.20. The topological polar surface area (TPSA) is 59.4 Å². The molecule has 1 aliphatic rings. The highest BCUT2D eigenvalue weighted by Crippen LogP contribution is 2.30. The van der Waals surface area contributed by atoms with Crippen molar-refractivity contribution in [3.63, 3.8) is 0 Å². The van der Waals surface area contributed by atoms with Gasteiger partial charge in [-0.1, -0.05) is 48.7 Å². The molecule has 0 spiro atoms. The van der Waals surface area contributed by atoms with Crippen molar-refractivity contribution in [2.75, 3.05) is 13.1 Å². The number of aromatic nitrogens is 1. The van der Waals surface area contributed by atoms with Crippen molar-refractivity contribution >= 4 is 26.6 Å². The Morgan fingerprint density at radius 1 is 0.931 bits per heavy atom. The number of benzene rings is 2. The molecule has 1 saturated heterocycles. The van der Waals surface area contributed by atoms with E-state index < -0.39 is 9.84 Å². The Labute approximate surface area is 171 Å². The van der Waals surface area contributed by atoms with Crippen LogP contribution in [0.1, 0.15) is 31.2 Å². The van der Waals surface area contributed by atoms with Crippen LogP contribution < -0.4 is 0 Å². The lowest BCUT2D eigenvalue weighted by molar-refractivity contribution is -0.131. The second-order valence-electron chi connectivity index (χ2n) is 7.75. The highest BCUT2D eigenvalue weighted by atomic mass is 32.2. The number of hydrogen-bond acceptors (Lipinski definition) is 3. The number of fused-ring (bicyclic) bond motifs is 1. The average Bonchev–Trinajstić information content (AvgIpc) is 2.89. The number of aryl methyl sites for hydroxylation is 1. The number of sulfone groups is 1. The summed E-state index contributed by atoms with van der Waals surface area (Å²) < 4.78 is 28.4. The highest BCUT2D eigenvalue weighted by Gasteiger charge is 2.24. The Bertz CT molecular complexity index is 1120. The molecule has 3 aromatic rings. The van der Waals surface area contributed by atoms with Crippen LogP contribution in [0.5, 0.6) is 0 Å². The molecule has 29 heavy (non-hydrogen) atoms. The van der Waals surface area contributed by atoms with Crippen molar-refractivity contribution in [3.05, 3.63) is 60.3 Å². The number of para-hydroxylation sites is 1. The molecule has 0 aliphatic carbocycles. The van der Waals surface area contributed by atoms with Gasteiger partial charge in [-0.3, -0.25) is 4.79 Å². The van der Waals surface area contributed by atoms with Gasteiger partial charge in [0.05, 0.1) is 9.79 Å². The van der Waals surface area contributed by atoms with Crippen LogP contribution >= 0.6 is 0 Å². The molecule has 0 unspecified atom stereocenters. The third kappa shape index (κ3) is 3.94. The first-order valence-corrected chi connectivity index (χ1v) is 11.6. The van der Waals surface area contributed by atoms with E-state index in [1.54, 1.807) is 35.0 Å². The van der Waals surface area contributed by atoms with E-state index in [4.69, 9.17) is 0 Å². The number of nitrogens with zero attached hydrogens (tertiary/aromatic N) is 2. The summed E-state index contributed by atoms with van der Waals surface area (Å²) in [5, 5.41) is 0.650. The van der Waals surface area contributed by atoms with E-state index in [0.717, 1.165) is 49.9 Å². The molecule has 0 atom stereocenters. The number of rotatable bonds is 4. The summed E-state index contributed by atoms with van der Waals surface area (Å²) in [4.78, 5) is 15.3. The van der Waals surface area contributed by atoms with E-state index in [-0.39, 0.29) is 22.2 Å². The van der Waals surface area contributed by atoms with Crippen molar-refractivity contribution in [2.45, 2.75) is 48.9 Å². The van der Waals surface area contributed by atoms with Crippen molar-refractivity contribution in [1.82, 2.24) is 9.47 Å². The number of likely N-dealkylation sites (tertiary alicyclic amines) is 1. The molecule has 2 aromatic carbocycles. The van der Waals surface area contributed by atoms with Gasteiger partial charge >= 0.3 is 0 Å². The molecule has 1 fully saturated rings. The Hall–Kier alpha value is -2.60. The summed E-state index contributed by atoms with van der Waals surface area (Å²) in [5.74, 6) is 0.0481. The lowest BCUT2D eigenvalue weighted by Crippen LogP contribution is -2.34. The van der Waals surface area contributed by atoms with Gasteiger partial charge in [0, 0.05) is 30.2 Å². The number of amides is 1. The van der Waals surface area contributed by atoms with E-state index in [1.807, 2.05) is 36.1 Å². The number of carbonyl (C=O) groups excluding carboxylic acids is 1. The molecule has 6 heteroatoms. The van der Waals surface area contributed by atoms with Crippen LogP contribution in [0.4, 0.5) is 0 Å². The fraction of sp³-hybridized carbons (Fsp3) is 0.348. The van der Waals surface area contributed by atoms with Gasteiger partial charge < -0.3 is 9.47 Å². The molecule has 1 aromatic heterocycles. The second-order valence-corrected chi connectivity index (χ2v) is 9.67. The molecule has 0 radical (unpaired) electrons. The van der Waals surface area contributed by atoms with Crippen molar-refractivity contribution in [2.24, 2.45) is 0 Å². The van der Waals surface area contributed by atoms with Crippen LogP contribution in [0.2, 0.25) is 0 Å². The molecular weight excluding hydrogens is 384 g/mol. The fourth-order valence-electron chi connectivity index (χ4n) is 3.97. The Kier molecular flexibility index (Phi) is 5.46. The van der Waals surface area contributed by atoms with Gasteiger partial charge in [-0.2, -0.15) is 0 Å². The van der Waals surface area contributed by atoms with Crippen molar-refractivity contribution in [3.8, 4) is 0 Å². The molecule has 0 saturated carbocycles.